The number of hydrogen-bond donors (Lipinski definition) is 1. The molecule has 20 heavy (non-hydrogen) atoms. The Kier molecular flexibility index (Phi) is 4.79. The van der Waals surface area contributed by atoms with E-state index in [9.17, 15) is 10.1 Å². The summed E-state index contributed by atoms with van der Waals surface area (Å²) in [7, 11) is 0. The summed E-state index contributed by atoms with van der Waals surface area (Å²) in [4.78, 5) is 13.2. The summed E-state index contributed by atoms with van der Waals surface area (Å²) in [5, 5.41) is 14.7. The van der Waals surface area contributed by atoms with Gasteiger partial charge in [0.15, 0.2) is 5.75 Å². The summed E-state index contributed by atoms with van der Waals surface area (Å²) in [6, 6.07) is 5.62. The molecule has 2 rings (SSSR count). The van der Waals surface area contributed by atoms with Crippen molar-refractivity contribution in [1.82, 2.24) is 5.32 Å². The van der Waals surface area contributed by atoms with Crippen LogP contribution in [0.15, 0.2) is 18.2 Å². The van der Waals surface area contributed by atoms with Crippen LogP contribution in [0.5, 0.6) is 5.75 Å². The number of rotatable bonds is 7. The van der Waals surface area contributed by atoms with Gasteiger partial charge in [-0.3, -0.25) is 10.1 Å². The van der Waals surface area contributed by atoms with Gasteiger partial charge in [-0.2, -0.15) is 0 Å². The van der Waals surface area contributed by atoms with E-state index in [1.807, 2.05) is 19.1 Å². The molecular weight excluding hydrogens is 258 g/mol. The van der Waals surface area contributed by atoms with Gasteiger partial charge in [-0.1, -0.05) is 13.0 Å². The molecule has 1 aromatic rings. The van der Waals surface area contributed by atoms with E-state index in [1.54, 1.807) is 6.07 Å². The van der Waals surface area contributed by atoms with Crippen LogP contribution in [0.25, 0.3) is 0 Å². The topological polar surface area (TPSA) is 67.6 Å². The first-order chi connectivity index (χ1) is 9.69. The molecule has 0 aromatic heterocycles. The molecule has 0 saturated carbocycles. The minimum atomic E-state index is -0.338. The smallest absolute Gasteiger partial charge is 0.333 e. The lowest BCUT2D eigenvalue weighted by molar-refractivity contribution is -0.385. The number of nitrogens with one attached hydrogen (secondary N) is 1. The fraction of sp³-hybridized carbons (Fsp3) is 0.571. The first-order valence-corrected chi connectivity index (χ1v) is 7.06. The van der Waals surface area contributed by atoms with Crippen molar-refractivity contribution in [3.8, 4) is 5.75 Å². The van der Waals surface area contributed by atoms with Crippen molar-refractivity contribution < 1.29 is 9.66 Å². The Labute approximate surface area is 118 Å². The average molecular weight is 279 g/mol. The zero-order valence-corrected chi connectivity index (χ0v) is 12.0. The quantitative estimate of drug-likeness (QED) is 0.612. The molecule has 0 atom stereocenters. The van der Waals surface area contributed by atoms with Gasteiger partial charge in [0.2, 0.25) is 0 Å². The van der Waals surface area contributed by atoms with Crippen LogP contribution >= 0.6 is 0 Å². The van der Waals surface area contributed by atoms with Crippen LogP contribution < -0.4 is 15.0 Å². The van der Waals surface area contributed by atoms with Gasteiger partial charge >= 0.3 is 5.69 Å². The van der Waals surface area contributed by atoms with Crippen molar-refractivity contribution in [3.05, 3.63) is 28.3 Å². The molecule has 1 aliphatic rings. The molecule has 0 amide bonds. The van der Waals surface area contributed by atoms with E-state index >= 15 is 0 Å². The van der Waals surface area contributed by atoms with Crippen LogP contribution in [0.3, 0.4) is 0 Å². The van der Waals surface area contributed by atoms with E-state index in [2.05, 4.69) is 17.1 Å². The molecule has 1 saturated heterocycles. The van der Waals surface area contributed by atoms with E-state index in [0.717, 1.165) is 26.1 Å². The minimum absolute atomic E-state index is 0.0784. The molecule has 1 fully saturated rings. The van der Waals surface area contributed by atoms with E-state index in [4.69, 9.17) is 4.74 Å². The molecule has 0 spiro atoms. The van der Waals surface area contributed by atoms with Gasteiger partial charge < -0.3 is 15.0 Å². The Morgan fingerprint density at radius 1 is 1.45 bits per heavy atom. The summed E-state index contributed by atoms with van der Waals surface area (Å²) < 4.78 is 5.41. The highest BCUT2D eigenvalue weighted by atomic mass is 16.6. The van der Waals surface area contributed by atoms with E-state index in [-0.39, 0.29) is 10.6 Å². The monoisotopic (exact) mass is 279 g/mol. The van der Waals surface area contributed by atoms with Gasteiger partial charge in [0.05, 0.1) is 17.6 Å². The predicted octanol–water partition coefficient (Wildman–Crippen LogP) is 2.18. The highest BCUT2D eigenvalue weighted by Gasteiger charge is 2.31. The highest BCUT2D eigenvalue weighted by Crippen LogP contribution is 2.38. The van der Waals surface area contributed by atoms with Crippen LogP contribution in [0.1, 0.15) is 20.3 Å². The summed E-state index contributed by atoms with van der Waals surface area (Å²) in [6.45, 7) is 6.88. The Morgan fingerprint density at radius 2 is 2.20 bits per heavy atom. The Balaban J connectivity index is 2.41. The number of ether oxygens (including phenoxy) is 1. The molecule has 110 valence electrons. The summed E-state index contributed by atoms with van der Waals surface area (Å²) >= 11 is 0. The molecule has 1 heterocycles. The Hall–Kier alpha value is -1.82. The normalized spacial score (nSPS) is 14.7. The SMILES string of the molecule is CCCN(c1cccc(OCC)c1[N+](=O)[O-])C1CNC1. The highest BCUT2D eigenvalue weighted by molar-refractivity contribution is 5.70. The minimum Gasteiger partial charge on any atom is -0.487 e. The third-order valence-corrected chi connectivity index (χ3v) is 3.43. The van der Waals surface area contributed by atoms with Gasteiger partial charge in [-0.25, -0.2) is 0 Å². The Bertz CT molecular complexity index is 475. The van der Waals surface area contributed by atoms with Crippen LogP contribution in [0, 0.1) is 10.1 Å². The molecule has 0 radical (unpaired) electrons. The van der Waals surface area contributed by atoms with Crippen LogP contribution in [0.4, 0.5) is 11.4 Å². The summed E-state index contributed by atoms with van der Waals surface area (Å²) in [5.41, 5.74) is 0.740. The molecule has 0 aliphatic carbocycles. The lowest BCUT2D eigenvalue weighted by Gasteiger charge is -2.39. The first-order valence-electron chi connectivity index (χ1n) is 7.06. The first kappa shape index (κ1) is 14.6. The van der Waals surface area contributed by atoms with Crippen LogP contribution in [-0.4, -0.2) is 37.2 Å². The molecule has 0 unspecified atom stereocenters. The number of para-hydroxylation sites is 1. The lowest BCUT2D eigenvalue weighted by Crippen LogP contribution is -2.57. The van der Waals surface area contributed by atoms with E-state index < -0.39 is 0 Å². The maximum absolute atomic E-state index is 11.4. The van der Waals surface area contributed by atoms with Crippen molar-refractivity contribution in [2.24, 2.45) is 0 Å². The fourth-order valence-corrected chi connectivity index (χ4v) is 2.43. The fourth-order valence-electron chi connectivity index (χ4n) is 2.43. The second-order valence-electron chi connectivity index (χ2n) is 4.82. The largest absolute Gasteiger partial charge is 0.487 e. The number of nitrogens with zero attached hydrogens (tertiary/aromatic N) is 2. The standard InChI is InChI=1S/C14H21N3O3/c1-3-8-16(11-9-15-10-11)12-6-5-7-13(20-4-2)14(12)17(18)19/h5-7,11,15H,3-4,8-10H2,1-2H3. The van der Waals surface area contributed by atoms with Crippen molar-refractivity contribution in [2.45, 2.75) is 26.3 Å². The van der Waals surface area contributed by atoms with Gasteiger partial charge in [-0.15, -0.1) is 0 Å². The maximum atomic E-state index is 11.4. The second-order valence-corrected chi connectivity index (χ2v) is 4.82. The van der Waals surface area contributed by atoms with E-state index in [0.29, 0.717) is 24.1 Å². The number of anilines is 1. The number of nitro groups is 1. The summed E-state index contributed by atoms with van der Waals surface area (Å²) in [5.74, 6) is 0.350. The molecule has 0 bridgehead atoms. The third-order valence-electron chi connectivity index (χ3n) is 3.43. The molecule has 6 heteroatoms. The van der Waals surface area contributed by atoms with Crippen molar-refractivity contribution >= 4 is 11.4 Å². The summed E-state index contributed by atoms with van der Waals surface area (Å²) in [6.07, 6.45) is 0.951. The van der Waals surface area contributed by atoms with Crippen LogP contribution in [0.2, 0.25) is 0 Å². The van der Waals surface area contributed by atoms with Crippen molar-refractivity contribution in [2.75, 3.05) is 31.1 Å². The lowest BCUT2D eigenvalue weighted by atomic mass is 10.1. The molecule has 1 N–H and O–H groups in total. The number of hydrogen-bond acceptors (Lipinski definition) is 5. The van der Waals surface area contributed by atoms with Gasteiger partial charge in [-0.05, 0) is 25.5 Å². The van der Waals surface area contributed by atoms with Gasteiger partial charge in [0.1, 0.15) is 5.69 Å². The van der Waals surface area contributed by atoms with Gasteiger partial charge in [0, 0.05) is 19.6 Å². The molecule has 6 nitrogen and oxygen atoms in total. The predicted molar refractivity (Wildman–Crippen MR) is 78.6 cm³/mol. The zero-order chi connectivity index (χ0) is 14.5. The Morgan fingerprint density at radius 3 is 2.70 bits per heavy atom. The van der Waals surface area contributed by atoms with E-state index in [1.165, 1.54) is 0 Å². The molecule has 1 aliphatic heterocycles. The van der Waals surface area contributed by atoms with Crippen molar-refractivity contribution in [3.63, 3.8) is 0 Å². The second kappa shape index (κ2) is 6.56. The third kappa shape index (κ3) is 2.85. The zero-order valence-electron chi connectivity index (χ0n) is 12.0. The number of benzene rings is 1. The van der Waals surface area contributed by atoms with Crippen LogP contribution in [-0.2, 0) is 0 Å². The van der Waals surface area contributed by atoms with Crippen molar-refractivity contribution in [1.29, 1.82) is 0 Å². The molecular formula is C14H21N3O3. The number of nitro benzene ring substituents is 1. The van der Waals surface area contributed by atoms with Gasteiger partial charge in [0.25, 0.3) is 0 Å². The molecule has 1 aromatic carbocycles. The average Bonchev–Trinajstić information content (AvgIpc) is 2.36. The maximum Gasteiger partial charge on any atom is 0.333 e.